The van der Waals surface area contributed by atoms with Gasteiger partial charge in [-0.15, -0.1) is 0 Å². The molecule has 0 spiro atoms. The van der Waals surface area contributed by atoms with Crippen LogP contribution in [0.5, 0.6) is 0 Å². The van der Waals surface area contributed by atoms with Gasteiger partial charge >= 0.3 is 24.0 Å². The molecule has 62 heavy (non-hydrogen) atoms. The predicted octanol–water partition coefficient (Wildman–Crippen LogP) is 4.08. The number of amides is 1. The molecule has 2 saturated carbocycles. The third kappa shape index (κ3) is 7.85. The molecule has 1 aromatic carbocycles. The Morgan fingerprint density at radius 3 is 2.26 bits per heavy atom. The molecule has 6 aliphatic rings. The van der Waals surface area contributed by atoms with Crippen LogP contribution in [0.15, 0.2) is 41.5 Å². The quantitative estimate of drug-likeness (QED) is 0.163. The summed E-state index contributed by atoms with van der Waals surface area (Å²) in [6.07, 6.45) is -7.50. The van der Waals surface area contributed by atoms with Crippen molar-refractivity contribution in [1.82, 2.24) is 10.2 Å². The summed E-state index contributed by atoms with van der Waals surface area (Å²) in [5.74, 6) is -3.26. The Kier molecular flexibility index (Phi) is 12.3. The van der Waals surface area contributed by atoms with Gasteiger partial charge in [0, 0.05) is 36.1 Å². The van der Waals surface area contributed by atoms with Crippen molar-refractivity contribution in [2.75, 3.05) is 40.0 Å². The lowest BCUT2D eigenvalue weighted by molar-refractivity contribution is -0.345. The number of esters is 3. The van der Waals surface area contributed by atoms with E-state index in [-0.39, 0.29) is 31.8 Å². The van der Waals surface area contributed by atoms with Crippen molar-refractivity contribution in [3.63, 3.8) is 0 Å². The Labute approximate surface area is 364 Å². The van der Waals surface area contributed by atoms with Gasteiger partial charge in [-0.3, -0.25) is 4.79 Å². The number of alkyl carbamates (subject to hydrolysis) is 1. The minimum Gasteiger partial charge on any atom is -0.456 e. The van der Waals surface area contributed by atoms with E-state index in [0.717, 1.165) is 0 Å². The molecule has 0 radical (unpaired) electrons. The molecule has 16 heteroatoms. The highest BCUT2D eigenvalue weighted by atomic mass is 16.7. The maximum Gasteiger partial charge on any atom is 0.407 e. The van der Waals surface area contributed by atoms with Gasteiger partial charge in [0.2, 0.25) is 0 Å². The van der Waals surface area contributed by atoms with Crippen molar-refractivity contribution in [3.05, 3.63) is 47.0 Å². The molecule has 344 valence electrons. The first-order valence-electron chi connectivity index (χ1n) is 21.9. The number of nitrogens with zero attached hydrogens (tertiary/aromatic N) is 1. The second-order valence-electron chi connectivity index (χ2n) is 20.5. The minimum atomic E-state index is -2.05. The number of likely N-dealkylation sites (N-methyl/N-ethyl adjacent to an activating group) is 1. The van der Waals surface area contributed by atoms with Crippen LogP contribution >= 0.6 is 0 Å². The summed E-state index contributed by atoms with van der Waals surface area (Å²) in [5.41, 5.74) is -5.93. The lowest BCUT2D eigenvalue weighted by Crippen LogP contribution is -2.79. The lowest BCUT2D eigenvalue weighted by atomic mass is 9.45. The Balaban J connectivity index is 1.37. The van der Waals surface area contributed by atoms with E-state index in [1.54, 1.807) is 58.0 Å². The second kappa shape index (κ2) is 16.4. The normalized spacial score (nSPS) is 36.5. The molecule has 4 unspecified atom stereocenters. The highest BCUT2D eigenvalue weighted by Gasteiger charge is 2.77. The van der Waals surface area contributed by atoms with Gasteiger partial charge in [-0.25, -0.2) is 14.4 Å². The number of aliphatic hydroxyl groups is 2. The number of benzene rings is 1. The number of hydrogen-bond donors (Lipinski definition) is 3. The molecule has 3 heterocycles. The topological polar surface area (TPSA) is 198 Å². The highest BCUT2D eigenvalue weighted by molar-refractivity contribution is 5.89. The Morgan fingerprint density at radius 2 is 1.69 bits per heavy atom. The van der Waals surface area contributed by atoms with Crippen LogP contribution in [0.2, 0.25) is 0 Å². The van der Waals surface area contributed by atoms with Gasteiger partial charge in [0.05, 0.1) is 43.4 Å². The van der Waals surface area contributed by atoms with Crippen molar-refractivity contribution in [2.24, 2.45) is 22.2 Å². The molecule has 3 saturated heterocycles. The second-order valence-corrected chi connectivity index (χ2v) is 20.5. The molecule has 16 nitrogen and oxygen atoms in total. The van der Waals surface area contributed by atoms with E-state index in [1.165, 1.54) is 6.92 Å². The monoisotopic (exact) mass is 870 g/mol. The zero-order chi connectivity index (χ0) is 45.4. The van der Waals surface area contributed by atoms with E-state index in [0.29, 0.717) is 37.1 Å². The lowest BCUT2D eigenvalue weighted by Gasteiger charge is -2.68. The van der Waals surface area contributed by atoms with Gasteiger partial charge in [0.25, 0.3) is 0 Å². The fourth-order valence-corrected chi connectivity index (χ4v) is 11.2. The predicted molar refractivity (Wildman–Crippen MR) is 221 cm³/mol. The number of carbonyl (C=O) groups excluding carboxylic acids is 4. The fraction of sp³-hybridized carbons (Fsp3) is 0.739. The van der Waals surface area contributed by atoms with E-state index in [9.17, 15) is 29.4 Å². The zero-order valence-corrected chi connectivity index (χ0v) is 38.0. The van der Waals surface area contributed by atoms with E-state index in [4.69, 9.17) is 37.9 Å². The fourth-order valence-electron chi connectivity index (χ4n) is 11.2. The first kappa shape index (κ1) is 46.4. The molecular weight excluding hydrogens is 805 g/mol. The van der Waals surface area contributed by atoms with Gasteiger partial charge in [0.1, 0.15) is 35.6 Å². The van der Waals surface area contributed by atoms with Crippen LogP contribution in [0.25, 0.3) is 0 Å². The average molecular weight is 871 g/mol. The molecule has 7 rings (SSSR count). The molecule has 5 fully saturated rings. The number of aliphatic hydroxyl groups excluding tert-OH is 1. The van der Waals surface area contributed by atoms with E-state index < -0.39 is 112 Å². The van der Waals surface area contributed by atoms with E-state index in [2.05, 4.69) is 10.2 Å². The third-order valence-electron chi connectivity index (χ3n) is 14.7. The van der Waals surface area contributed by atoms with Crippen molar-refractivity contribution >= 4 is 24.0 Å². The van der Waals surface area contributed by atoms with Crippen LogP contribution in [0.1, 0.15) is 98.9 Å². The van der Waals surface area contributed by atoms with Crippen LogP contribution < -0.4 is 5.32 Å². The van der Waals surface area contributed by atoms with Crippen molar-refractivity contribution in [1.29, 1.82) is 0 Å². The van der Waals surface area contributed by atoms with E-state index >= 15 is 0 Å². The molecule has 12 atom stereocenters. The maximum absolute atomic E-state index is 14.4. The van der Waals surface area contributed by atoms with Crippen LogP contribution in [0.4, 0.5) is 4.79 Å². The van der Waals surface area contributed by atoms with Crippen molar-refractivity contribution < 1.29 is 67.3 Å². The zero-order valence-electron chi connectivity index (χ0n) is 38.0. The van der Waals surface area contributed by atoms with Gasteiger partial charge in [-0.05, 0) is 77.4 Å². The smallest absolute Gasteiger partial charge is 0.407 e. The Hall–Kier alpha value is -3.64. The molecular formula is C46H66N2O14. The largest absolute Gasteiger partial charge is 0.456 e. The molecule has 3 N–H and O–H groups in total. The summed E-state index contributed by atoms with van der Waals surface area (Å²) in [6.45, 7) is 19.2. The summed E-state index contributed by atoms with van der Waals surface area (Å²) in [7, 11) is 1.96. The Bertz CT molecular complexity index is 1930. The number of ether oxygens (including phenoxy) is 8. The molecule has 3 aliphatic carbocycles. The number of hydrogen-bond acceptors (Lipinski definition) is 15. The van der Waals surface area contributed by atoms with Crippen LogP contribution in [-0.2, 0) is 47.5 Å². The average Bonchev–Trinajstić information content (AvgIpc) is 3.58. The minimum absolute atomic E-state index is 0.0194. The molecule has 3 aliphatic heterocycles. The van der Waals surface area contributed by atoms with Crippen LogP contribution in [-0.4, -0.2) is 145 Å². The van der Waals surface area contributed by atoms with Crippen molar-refractivity contribution in [2.45, 2.75) is 154 Å². The summed E-state index contributed by atoms with van der Waals surface area (Å²) >= 11 is 0. The maximum atomic E-state index is 14.4. The molecule has 0 aromatic heterocycles. The first-order valence-corrected chi connectivity index (χ1v) is 21.9. The highest BCUT2D eigenvalue weighted by Crippen LogP contribution is 2.66. The summed E-state index contributed by atoms with van der Waals surface area (Å²) in [6, 6.07) is 7.26. The van der Waals surface area contributed by atoms with Gasteiger partial charge in [-0.2, -0.15) is 0 Å². The summed E-state index contributed by atoms with van der Waals surface area (Å²) in [5, 5.41) is 28.4. The summed E-state index contributed by atoms with van der Waals surface area (Å²) < 4.78 is 50.4. The van der Waals surface area contributed by atoms with E-state index in [1.807, 2.05) is 41.7 Å². The van der Waals surface area contributed by atoms with Crippen LogP contribution in [0.3, 0.4) is 0 Å². The first-order chi connectivity index (χ1) is 28.9. The summed E-state index contributed by atoms with van der Waals surface area (Å²) in [4.78, 5) is 57.2. The number of carbonyl (C=O) groups is 4. The van der Waals surface area contributed by atoms with Gasteiger partial charge in [0.15, 0.2) is 18.0 Å². The van der Waals surface area contributed by atoms with Crippen molar-refractivity contribution in [3.8, 4) is 0 Å². The number of fused-ring (bicyclic) bond motifs is 8. The van der Waals surface area contributed by atoms with Crippen LogP contribution in [0, 0.1) is 22.2 Å². The SMILES string of the molecule is CCN(C)C[C@@H]1OC2C3=C(C)[C@@H](OC(=O)[C@H](O)[C@@H](NC(=O)OC(C)(C)C)C4(C)COC4)C[C@@](O)([C@@H](OC(=O)c4ccccc4)C4[C@@](C)(CCC5OC[C@]54OC(C)=O)C2O1)C3(C)C. The standard InChI is InChI=1S/C46H66N2O14/c1-12-48(11)21-30-58-33-31-25(2)28(57-39(52)32(50)35(43(9)22-55-23-43)47-40(53)62-41(4,5)6)20-46(54,42(31,7)8)37(60-38(51)27-16-14-13-15-17-27)34-44(10,36(33)59-30)19-18-29-45(34,24-56-29)61-26(3)49/h13-17,28-30,32-37,50,54H,12,18-24H2,1-11H3,(H,47,53)/t28-,29?,30+,32+,33?,34?,35+,36?,37-,44+,45-,46+/m0/s1. The molecule has 1 amide bonds. The Morgan fingerprint density at radius 1 is 1.02 bits per heavy atom. The molecule has 2 bridgehead atoms. The molecule has 1 aromatic rings. The van der Waals surface area contributed by atoms with Gasteiger partial charge in [-0.1, -0.05) is 52.8 Å². The number of nitrogens with one attached hydrogen (secondary N) is 1. The third-order valence-corrected chi connectivity index (χ3v) is 14.7. The van der Waals surface area contributed by atoms with Gasteiger partial charge < -0.3 is 58.3 Å². The number of rotatable bonds is 11.